The van der Waals surface area contributed by atoms with E-state index in [0.29, 0.717) is 11.5 Å². The summed E-state index contributed by atoms with van der Waals surface area (Å²) in [6.45, 7) is 8.69. The second kappa shape index (κ2) is 7.59. The van der Waals surface area contributed by atoms with Crippen LogP contribution in [0.4, 0.5) is 0 Å². The molecule has 2 fully saturated rings. The third-order valence-electron chi connectivity index (χ3n) is 7.88. The first-order valence-electron chi connectivity index (χ1n) is 10.9. The Balaban J connectivity index is 1.80. The number of carbonyl (C=O) groups is 1. The van der Waals surface area contributed by atoms with Crippen LogP contribution >= 0.6 is 0 Å². The Labute approximate surface area is 185 Å². The zero-order valence-corrected chi connectivity index (χ0v) is 19.5. The van der Waals surface area contributed by atoms with Crippen molar-refractivity contribution in [3.05, 3.63) is 82.3 Å². The summed E-state index contributed by atoms with van der Waals surface area (Å²) in [5, 5.41) is 0. The molecular weight excluding hydrogens is 404 g/mol. The molecule has 2 aliphatic carbocycles. The molecule has 2 unspecified atom stereocenters. The number of carbonyl (C=O) groups excluding carboxylic acids is 1. The largest absolute Gasteiger partial charge is 0.288 e. The lowest BCUT2D eigenvalue weighted by molar-refractivity contribution is -0.110. The van der Waals surface area contributed by atoms with Crippen molar-refractivity contribution in [2.75, 3.05) is 0 Å². The first kappa shape index (κ1) is 21.8. The van der Waals surface area contributed by atoms with Gasteiger partial charge in [0.1, 0.15) is 4.91 Å². The average molecular weight is 435 g/mol. The number of fused-ring (bicyclic) bond motifs is 2. The lowest BCUT2D eigenvalue weighted by Gasteiger charge is -2.35. The van der Waals surface area contributed by atoms with E-state index in [1.54, 1.807) is 30.3 Å². The summed E-state index contributed by atoms with van der Waals surface area (Å²) in [6, 6.07) is 15.8. The predicted molar refractivity (Wildman–Crippen MR) is 125 cm³/mol. The van der Waals surface area contributed by atoms with Crippen LogP contribution in [0.25, 0.3) is 6.08 Å². The highest BCUT2D eigenvalue weighted by atomic mass is 32.2. The summed E-state index contributed by atoms with van der Waals surface area (Å²) >= 11 is 0. The maximum Gasteiger partial charge on any atom is 0.210 e. The fourth-order valence-corrected chi connectivity index (χ4v) is 6.66. The highest BCUT2D eigenvalue weighted by molar-refractivity contribution is 7.96. The van der Waals surface area contributed by atoms with Gasteiger partial charge in [-0.2, -0.15) is 0 Å². The monoisotopic (exact) mass is 434 g/mol. The van der Waals surface area contributed by atoms with Gasteiger partial charge in [0.05, 0.1) is 4.90 Å². The van der Waals surface area contributed by atoms with Gasteiger partial charge in [0, 0.05) is 0 Å². The van der Waals surface area contributed by atoms with Crippen LogP contribution < -0.4 is 0 Å². The molecule has 0 N–H and O–H groups in total. The van der Waals surface area contributed by atoms with Gasteiger partial charge < -0.3 is 0 Å². The molecule has 162 valence electrons. The number of aryl methyl sites for hydroxylation is 1. The quantitative estimate of drug-likeness (QED) is 0.530. The van der Waals surface area contributed by atoms with Gasteiger partial charge in [-0.3, -0.25) is 4.79 Å². The van der Waals surface area contributed by atoms with Gasteiger partial charge in [0.2, 0.25) is 9.84 Å². The van der Waals surface area contributed by atoms with Crippen molar-refractivity contribution in [1.29, 1.82) is 0 Å². The second-order valence-electron chi connectivity index (χ2n) is 9.76. The van der Waals surface area contributed by atoms with E-state index >= 15 is 0 Å². The van der Waals surface area contributed by atoms with Crippen molar-refractivity contribution in [3.63, 3.8) is 0 Å². The predicted octanol–water partition coefficient (Wildman–Crippen LogP) is 6.15. The molecule has 2 aromatic carbocycles. The van der Waals surface area contributed by atoms with Gasteiger partial charge in [0.25, 0.3) is 0 Å². The van der Waals surface area contributed by atoms with E-state index in [1.807, 2.05) is 37.3 Å². The van der Waals surface area contributed by atoms with E-state index in [-0.39, 0.29) is 20.6 Å². The Morgan fingerprint density at radius 3 is 2.19 bits per heavy atom. The third kappa shape index (κ3) is 3.61. The lowest BCUT2D eigenvalue weighted by Crippen LogP contribution is -2.28. The van der Waals surface area contributed by atoms with Crippen molar-refractivity contribution in [2.24, 2.45) is 16.7 Å². The molecule has 0 radical (unpaired) electrons. The topological polar surface area (TPSA) is 51.2 Å². The van der Waals surface area contributed by atoms with E-state index in [4.69, 9.17) is 0 Å². The third-order valence-corrected chi connectivity index (χ3v) is 9.67. The minimum atomic E-state index is -3.95. The van der Waals surface area contributed by atoms with Crippen LogP contribution in [-0.2, 0) is 14.6 Å². The summed E-state index contributed by atoms with van der Waals surface area (Å²) in [5.74, 6) is 0.121. The minimum Gasteiger partial charge on any atom is -0.288 e. The lowest BCUT2D eigenvalue weighted by atomic mass is 9.69. The van der Waals surface area contributed by atoms with E-state index in [1.165, 1.54) is 12.5 Å². The molecule has 0 amide bonds. The van der Waals surface area contributed by atoms with Gasteiger partial charge in [-0.25, -0.2) is 8.42 Å². The molecule has 2 aromatic rings. The average Bonchev–Trinajstić information content (AvgIpc) is 3.06. The molecule has 31 heavy (non-hydrogen) atoms. The molecule has 0 heterocycles. The molecule has 2 aliphatic rings. The van der Waals surface area contributed by atoms with Gasteiger partial charge in [0.15, 0.2) is 5.78 Å². The molecule has 0 aliphatic heterocycles. The molecule has 2 saturated carbocycles. The molecule has 0 saturated heterocycles. The molecular formula is C27H30O3S. The van der Waals surface area contributed by atoms with Gasteiger partial charge >= 0.3 is 0 Å². The molecule has 0 spiro atoms. The second-order valence-corrected chi connectivity index (χ2v) is 11.7. The van der Waals surface area contributed by atoms with Crippen LogP contribution in [0.2, 0.25) is 0 Å². The van der Waals surface area contributed by atoms with Crippen molar-refractivity contribution >= 4 is 21.7 Å². The summed E-state index contributed by atoms with van der Waals surface area (Å²) in [7, 11) is -3.95. The number of sulfone groups is 1. The number of benzene rings is 2. The maximum atomic E-state index is 13.5. The Morgan fingerprint density at radius 1 is 1.00 bits per heavy atom. The number of hydrogen-bond donors (Lipinski definition) is 0. The summed E-state index contributed by atoms with van der Waals surface area (Å²) in [6.07, 6.45) is 6.23. The molecule has 4 rings (SSSR count). The molecule has 3 nitrogen and oxygen atoms in total. The SMILES string of the molecule is Cc1ccc(S(=O)(=O)/C(=C/c2ccccc2)C(=O)/C=C2\CC3CCC2(C)C3(C)C)cc1. The van der Waals surface area contributed by atoms with Crippen LogP contribution in [-0.4, -0.2) is 14.2 Å². The van der Waals surface area contributed by atoms with Crippen LogP contribution in [0.1, 0.15) is 51.2 Å². The Bertz CT molecular complexity index is 1170. The first-order chi connectivity index (χ1) is 14.6. The van der Waals surface area contributed by atoms with E-state index in [2.05, 4.69) is 20.8 Å². The first-order valence-corrected chi connectivity index (χ1v) is 12.4. The molecule has 4 heteroatoms. The number of rotatable bonds is 5. The van der Waals surface area contributed by atoms with Crippen molar-refractivity contribution in [2.45, 2.75) is 51.9 Å². The fraction of sp³-hybridized carbons (Fsp3) is 0.370. The number of allylic oxidation sites excluding steroid dienone is 3. The summed E-state index contributed by atoms with van der Waals surface area (Å²) < 4.78 is 27.0. The maximum absolute atomic E-state index is 13.5. The highest BCUT2D eigenvalue weighted by Crippen LogP contribution is 2.67. The van der Waals surface area contributed by atoms with Crippen LogP contribution in [0.3, 0.4) is 0 Å². The normalized spacial score (nSPS) is 26.4. The Kier molecular flexibility index (Phi) is 5.33. The van der Waals surface area contributed by atoms with Crippen LogP contribution in [0.5, 0.6) is 0 Å². The zero-order chi connectivity index (χ0) is 22.4. The molecule has 2 atom stereocenters. The van der Waals surface area contributed by atoms with E-state index in [0.717, 1.165) is 24.0 Å². The summed E-state index contributed by atoms with van der Waals surface area (Å²) in [5.41, 5.74) is 2.83. The van der Waals surface area contributed by atoms with Crippen molar-refractivity contribution < 1.29 is 13.2 Å². The molecule has 2 bridgehead atoms. The van der Waals surface area contributed by atoms with Gasteiger partial charge in [-0.1, -0.05) is 74.4 Å². The summed E-state index contributed by atoms with van der Waals surface area (Å²) in [4.78, 5) is 13.5. The minimum absolute atomic E-state index is 0.0567. The Morgan fingerprint density at radius 2 is 1.65 bits per heavy atom. The molecule has 0 aromatic heterocycles. The van der Waals surface area contributed by atoms with Crippen LogP contribution in [0, 0.1) is 23.7 Å². The number of hydrogen-bond acceptors (Lipinski definition) is 3. The zero-order valence-electron chi connectivity index (χ0n) is 18.7. The van der Waals surface area contributed by atoms with Crippen LogP contribution in [0.15, 0.2) is 76.0 Å². The van der Waals surface area contributed by atoms with Gasteiger partial charge in [-0.15, -0.1) is 0 Å². The van der Waals surface area contributed by atoms with Crippen molar-refractivity contribution in [1.82, 2.24) is 0 Å². The van der Waals surface area contributed by atoms with E-state index < -0.39 is 15.6 Å². The standard InChI is InChI=1S/C27H30O3S/c1-19-10-12-23(13-11-19)31(29,30)25(16-20-8-6-5-7-9-20)24(28)18-22-17-21-14-15-27(22,4)26(21,2)3/h5-13,16,18,21H,14-15,17H2,1-4H3/b22-18+,25-16+. The Hall–Kier alpha value is -2.46. The fourth-order valence-electron chi connectivity index (χ4n) is 5.29. The van der Waals surface area contributed by atoms with E-state index in [9.17, 15) is 13.2 Å². The van der Waals surface area contributed by atoms with Crippen molar-refractivity contribution in [3.8, 4) is 0 Å². The smallest absolute Gasteiger partial charge is 0.210 e. The van der Waals surface area contributed by atoms with Gasteiger partial charge in [-0.05, 0) is 72.8 Å². The number of ketones is 1. The highest BCUT2D eigenvalue weighted by Gasteiger charge is 2.58.